The molecule has 1 aliphatic heterocycles. The summed E-state index contributed by atoms with van der Waals surface area (Å²) in [7, 11) is 0. The van der Waals surface area contributed by atoms with Gasteiger partial charge in [-0.05, 0) is 61.5 Å². The summed E-state index contributed by atoms with van der Waals surface area (Å²) in [6.07, 6.45) is 3.32. The van der Waals surface area contributed by atoms with Gasteiger partial charge < -0.3 is 5.11 Å². The van der Waals surface area contributed by atoms with Crippen LogP contribution in [0.1, 0.15) is 22.3 Å². The van der Waals surface area contributed by atoms with Crippen molar-refractivity contribution in [1.29, 1.82) is 0 Å². The van der Waals surface area contributed by atoms with Gasteiger partial charge in [-0.1, -0.05) is 24.3 Å². The van der Waals surface area contributed by atoms with Crippen LogP contribution in [0.4, 0.5) is 5.69 Å². The number of allylic oxidation sites excluding steroid dienone is 1. The van der Waals surface area contributed by atoms with Gasteiger partial charge in [0.05, 0.1) is 11.4 Å². The highest BCUT2D eigenvalue weighted by atomic mass is 32.1. The van der Waals surface area contributed by atoms with E-state index in [1.54, 1.807) is 12.3 Å². The zero-order valence-corrected chi connectivity index (χ0v) is 15.7. The van der Waals surface area contributed by atoms with Crippen molar-refractivity contribution in [2.75, 3.05) is 0 Å². The molecular weight excluding hydrogens is 358 g/mol. The average Bonchev–Trinajstić information content (AvgIpc) is 3.04. The van der Waals surface area contributed by atoms with Crippen molar-refractivity contribution in [2.45, 2.75) is 13.8 Å². The summed E-state index contributed by atoms with van der Waals surface area (Å²) < 4.78 is 1.61. The van der Waals surface area contributed by atoms with Gasteiger partial charge in [0.2, 0.25) is 5.88 Å². The number of hydrogen-bond donors (Lipinski definition) is 2. The van der Waals surface area contributed by atoms with E-state index in [-0.39, 0.29) is 16.2 Å². The molecule has 4 rings (SSSR count). The van der Waals surface area contributed by atoms with Crippen LogP contribution in [-0.2, 0) is 0 Å². The summed E-state index contributed by atoms with van der Waals surface area (Å²) in [5.74, 6) is -0.197. The topological polar surface area (TPSA) is 70.4 Å². The minimum atomic E-state index is -0.442. The van der Waals surface area contributed by atoms with Gasteiger partial charge in [-0.25, -0.2) is 0 Å². The van der Waals surface area contributed by atoms with Gasteiger partial charge in [0.25, 0.3) is 5.56 Å². The lowest BCUT2D eigenvalue weighted by Crippen LogP contribution is -2.16. The van der Waals surface area contributed by atoms with E-state index in [9.17, 15) is 9.90 Å². The van der Waals surface area contributed by atoms with E-state index in [0.717, 1.165) is 28.0 Å². The number of hydrogen-bond acceptors (Lipinski definition) is 4. The number of nitrogens with zero attached hydrogens (tertiary/aromatic N) is 2. The maximum absolute atomic E-state index is 12.5. The van der Waals surface area contributed by atoms with Crippen LogP contribution >= 0.6 is 12.2 Å². The van der Waals surface area contributed by atoms with Crippen LogP contribution in [-0.4, -0.2) is 20.9 Å². The van der Waals surface area contributed by atoms with E-state index in [0.29, 0.717) is 5.69 Å². The fourth-order valence-corrected chi connectivity index (χ4v) is 3.37. The van der Waals surface area contributed by atoms with E-state index in [1.165, 1.54) is 4.57 Å². The molecule has 0 saturated heterocycles. The van der Waals surface area contributed by atoms with E-state index in [2.05, 4.69) is 9.98 Å². The molecule has 1 aromatic heterocycles. The van der Waals surface area contributed by atoms with E-state index in [1.807, 2.05) is 56.3 Å². The van der Waals surface area contributed by atoms with Crippen molar-refractivity contribution in [1.82, 2.24) is 9.55 Å². The molecule has 0 saturated carbocycles. The lowest BCUT2D eigenvalue weighted by Gasteiger charge is -2.13. The maximum Gasteiger partial charge on any atom is 0.262 e. The second-order valence-electron chi connectivity index (χ2n) is 6.48. The summed E-state index contributed by atoms with van der Waals surface area (Å²) in [5, 5.41) is 10.9. The largest absolute Gasteiger partial charge is 0.494 e. The SMILES string of the molecule is Cc1ccc(-n2c(O)c(C=C3C=Nc4ccccc43)c(=O)[nH]c2=S)cc1C. The standard InChI is InChI=1S/C21H17N3O2S/c1-12-7-8-15(9-13(12)2)24-20(26)17(19(25)23-21(24)27)10-14-11-22-18-6-4-3-5-16(14)18/h3-11,26H,1-2H3,(H,23,25,27). The van der Waals surface area contributed by atoms with E-state index >= 15 is 0 Å². The Morgan fingerprint density at radius 3 is 2.70 bits per heavy atom. The third-order valence-corrected chi connectivity index (χ3v) is 5.01. The molecule has 0 aliphatic carbocycles. The molecule has 134 valence electrons. The highest BCUT2D eigenvalue weighted by Crippen LogP contribution is 2.33. The molecule has 0 radical (unpaired) electrons. The summed E-state index contributed by atoms with van der Waals surface area (Å²) in [6.45, 7) is 4.00. The van der Waals surface area contributed by atoms with Gasteiger partial charge in [-0.2, -0.15) is 0 Å². The molecule has 6 heteroatoms. The smallest absolute Gasteiger partial charge is 0.262 e. The van der Waals surface area contributed by atoms with Gasteiger partial charge >= 0.3 is 0 Å². The Balaban J connectivity index is 1.92. The van der Waals surface area contributed by atoms with Crippen LogP contribution in [0, 0.1) is 18.6 Å². The molecule has 0 amide bonds. The lowest BCUT2D eigenvalue weighted by molar-refractivity contribution is 0.432. The fraction of sp³-hybridized carbons (Fsp3) is 0.0952. The number of fused-ring (bicyclic) bond motifs is 1. The zero-order valence-electron chi connectivity index (χ0n) is 14.9. The summed E-state index contributed by atoms with van der Waals surface area (Å²) in [4.78, 5) is 19.5. The van der Waals surface area contributed by atoms with Crippen molar-refractivity contribution in [3.05, 3.63) is 79.8 Å². The molecule has 27 heavy (non-hydrogen) atoms. The first kappa shape index (κ1) is 17.2. The van der Waals surface area contributed by atoms with Crippen molar-refractivity contribution in [3.63, 3.8) is 0 Å². The van der Waals surface area contributed by atoms with Gasteiger partial charge in [0, 0.05) is 17.4 Å². The summed E-state index contributed by atoms with van der Waals surface area (Å²) >= 11 is 5.29. The molecule has 0 bridgehead atoms. The Morgan fingerprint density at radius 2 is 1.93 bits per heavy atom. The number of para-hydroxylation sites is 1. The highest BCUT2D eigenvalue weighted by Gasteiger charge is 2.16. The monoisotopic (exact) mass is 375 g/mol. The second-order valence-corrected chi connectivity index (χ2v) is 6.86. The zero-order chi connectivity index (χ0) is 19.1. The Kier molecular flexibility index (Phi) is 4.12. The van der Waals surface area contributed by atoms with Gasteiger partial charge in [-0.15, -0.1) is 0 Å². The fourth-order valence-electron chi connectivity index (χ4n) is 3.08. The molecule has 2 aromatic carbocycles. The number of aromatic hydroxyl groups is 1. The van der Waals surface area contributed by atoms with Gasteiger partial charge in [0.1, 0.15) is 5.56 Å². The van der Waals surface area contributed by atoms with Crippen LogP contribution < -0.4 is 5.56 Å². The molecule has 0 fully saturated rings. The summed E-state index contributed by atoms with van der Waals surface area (Å²) in [6, 6.07) is 13.4. The van der Waals surface area contributed by atoms with Gasteiger partial charge in [-0.3, -0.25) is 19.3 Å². The van der Waals surface area contributed by atoms with Crippen LogP contribution in [0.25, 0.3) is 17.3 Å². The van der Waals surface area contributed by atoms with Crippen LogP contribution in [0.2, 0.25) is 0 Å². The predicted molar refractivity (Wildman–Crippen MR) is 111 cm³/mol. The lowest BCUT2D eigenvalue weighted by atomic mass is 10.1. The predicted octanol–water partition coefficient (Wildman–Crippen LogP) is 4.47. The number of aliphatic imine (C=N–C) groups is 1. The Morgan fingerprint density at radius 1 is 1.15 bits per heavy atom. The molecule has 0 unspecified atom stereocenters. The molecular formula is C21H17N3O2S. The van der Waals surface area contributed by atoms with E-state index < -0.39 is 5.56 Å². The first-order valence-electron chi connectivity index (χ1n) is 8.47. The Bertz CT molecular complexity index is 1250. The third-order valence-electron chi connectivity index (χ3n) is 4.73. The molecule has 5 nitrogen and oxygen atoms in total. The molecule has 0 atom stereocenters. The summed E-state index contributed by atoms with van der Waals surface area (Å²) in [5.41, 5.74) is 5.10. The highest BCUT2D eigenvalue weighted by molar-refractivity contribution is 7.71. The number of rotatable bonds is 2. The molecule has 2 heterocycles. The molecule has 3 aromatic rings. The first-order chi connectivity index (χ1) is 13.0. The van der Waals surface area contributed by atoms with Crippen molar-refractivity contribution in [2.24, 2.45) is 4.99 Å². The Labute approximate surface area is 161 Å². The minimum absolute atomic E-state index is 0.139. The number of nitrogens with one attached hydrogen (secondary N) is 1. The van der Waals surface area contributed by atoms with Crippen LogP contribution in [0.5, 0.6) is 5.88 Å². The van der Waals surface area contributed by atoms with Crippen molar-refractivity contribution in [3.8, 4) is 11.6 Å². The molecule has 1 aliphatic rings. The number of benzene rings is 2. The number of H-pyrrole nitrogens is 1. The second kappa shape index (κ2) is 6.48. The molecule has 2 N–H and O–H groups in total. The number of aromatic amines is 1. The number of aromatic nitrogens is 2. The van der Waals surface area contributed by atoms with Crippen LogP contribution in [0.3, 0.4) is 0 Å². The van der Waals surface area contributed by atoms with E-state index in [4.69, 9.17) is 12.2 Å². The number of aryl methyl sites for hydroxylation is 2. The quantitative estimate of drug-likeness (QED) is 0.649. The van der Waals surface area contributed by atoms with Crippen molar-refractivity contribution < 1.29 is 5.11 Å². The molecule has 0 spiro atoms. The van der Waals surface area contributed by atoms with Crippen LogP contribution in [0.15, 0.2) is 52.3 Å². The maximum atomic E-state index is 12.5. The van der Waals surface area contributed by atoms with Crippen molar-refractivity contribution >= 4 is 35.8 Å². The van der Waals surface area contributed by atoms with Gasteiger partial charge in [0.15, 0.2) is 4.77 Å². The third kappa shape index (κ3) is 2.94. The minimum Gasteiger partial charge on any atom is -0.494 e. The normalized spacial score (nSPS) is 13.9. The Hall–Kier alpha value is -3.25. The average molecular weight is 375 g/mol. The first-order valence-corrected chi connectivity index (χ1v) is 8.87.